The predicted octanol–water partition coefficient (Wildman–Crippen LogP) is 3.60. The molecule has 2 aliphatic heterocycles. The van der Waals surface area contributed by atoms with Gasteiger partial charge in [0.15, 0.2) is 0 Å². The number of benzene rings is 1. The Morgan fingerprint density at radius 1 is 1.27 bits per heavy atom. The van der Waals surface area contributed by atoms with E-state index < -0.39 is 0 Å². The minimum absolute atomic E-state index is 0. The highest BCUT2D eigenvalue weighted by Crippen LogP contribution is 2.29. The molecule has 3 nitrogen and oxygen atoms in total. The van der Waals surface area contributed by atoms with Gasteiger partial charge < -0.3 is 10.1 Å². The molecule has 0 saturated carbocycles. The Morgan fingerprint density at radius 3 is 2.59 bits per heavy atom. The smallest absolute Gasteiger partial charge is 0.128 e. The van der Waals surface area contributed by atoms with Gasteiger partial charge in [0, 0.05) is 35.2 Å². The molecule has 0 aliphatic carbocycles. The van der Waals surface area contributed by atoms with E-state index in [4.69, 9.17) is 4.74 Å². The molecule has 2 unspecified atom stereocenters. The van der Waals surface area contributed by atoms with Gasteiger partial charge in [-0.15, -0.1) is 12.4 Å². The maximum atomic E-state index is 13.3. The van der Waals surface area contributed by atoms with Crippen LogP contribution in [0.1, 0.15) is 25.7 Å². The minimum Gasteiger partial charge on any atom is -0.492 e. The fourth-order valence-corrected chi connectivity index (χ4v) is 3.93. The van der Waals surface area contributed by atoms with E-state index in [2.05, 4.69) is 33.2 Å². The van der Waals surface area contributed by atoms with E-state index in [9.17, 15) is 4.39 Å². The van der Waals surface area contributed by atoms with E-state index in [1.54, 1.807) is 6.07 Å². The molecule has 124 valence electrons. The number of nitrogens with zero attached hydrogens (tertiary/aromatic N) is 1. The third-order valence-electron chi connectivity index (χ3n) is 4.62. The number of rotatable bonds is 5. The van der Waals surface area contributed by atoms with Crippen LogP contribution in [0.3, 0.4) is 0 Å². The molecule has 3 rings (SSSR count). The third kappa shape index (κ3) is 4.57. The van der Waals surface area contributed by atoms with Gasteiger partial charge in [0.2, 0.25) is 0 Å². The Balaban J connectivity index is 0.00000176. The molecular formula is C16H23BrClFN2O. The van der Waals surface area contributed by atoms with Gasteiger partial charge in [-0.3, -0.25) is 4.90 Å². The fourth-order valence-electron chi connectivity index (χ4n) is 3.49. The van der Waals surface area contributed by atoms with Gasteiger partial charge in [-0.2, -0.15) is 0 Å². The number of fused-ring (bicyclic) bond motifs is 2. The van der Waals surface area contributed by atoms with Crippen LogP contribution in [-0.2, 0) is 0 Å². The monoisotopic (exact) mass is 392 g/mol. The van der Waals surface area contributed by atoms with E-state index in [0.717, 1.165) is 6.54 Å². The van der Waals surface area contributed by atoms with Crippen LogP contribution in [0.5, 0.6) is 5.75 Å². The van der Waals surface area contributed by atoms with Gasteiger partial charge in [-0.05, 0) is 44.9 Å². The topological polar surface area (TPSA) is 24.5 Å². The number of ether oxygens (including phenoxy) is 1. The number of likely N-dealkylation sites (N-methyl/N-ethyl adjacent to an activating group) is 1. The fraction of sp³-hybridized carbons (Fsp3) is 0.625. The van der Waals surface area contributed by atoms with E-state index in [-0.39, 0.29) is 18.2 Å². The van der Waals surface area contributed by atoms with Gasteiger partial charge in [-0.1, -0.05) is 15.9 Å². The van der Waals surface area contributed by atoms with E-state index in [1.165, 1.54) is 37.8 Å². The van der Waals surface area contributed by atoms with Gasteiger partial charge in [0.05, 0.1) is 0 Å². The highest BCUT2D eigenvalue weighted by atomic mass is 79.9. The molecule has 2 fully saturated rings. The molecule has 2 aliphatic rings. The molecule has 2 bridgehead atoms. The van der Waals surface area contributed by atoms with Crippen molar-refractivity contribution in [2.45, 2.75) is 43.8 Å². The summed E-state index contributed by atoms with van der Waals surface area (Å²) < 4.78 is 19.7. The molecule has 1 N–H and O–H groups in total. The largest absolute Gasteiger partial charge is 0.492 e. The predicted molar refractivity (Wildman–Crippen MR) is 92.4 cm³/mol. The molecule has 2 heterocycles. The Morgan fingerprint density at radius 2 is 1.95 bits per heavy atom. The Bertz CT molecular complexity index is 473. The van der Waals surface area contributed by atoms with Gasteiger partial charge in [0.25, 0.3) is 0 Å². The van der Waals surface area contributed by atoms with Crippen molar-refractivity contribution in [3.63, 3.8) is 0 Å². The first-order valence-electron chi connectivity index (χ1n) is 7.65. The van der Waals surface area contributed by atoms with Crippen molar-refractivity contribution < 1.29 is 9.13 Å². The maximum Gasteiger partial charge on any atom is 0.128 e. The summed E-state index contributed by atoms with van der Waals surface area (Å²) in [5.41, 5.74) is 0. The summed E-state index contributed by atoms with van der Waals surface area (Å²) in [5, 5.41) is 3.66. The first-order valence-corrected chi connectivity index (χ1v) is 8.44. The molecular weight excluding hydrogens is 371 g/mol. The number of hydrogen-bond donors (Lipinski definition) is 1. The van der Waals surface area contributed by atoms with Crippen molar-refractivity contribution in [2.24, 2.45) is 0 Å². The molecule has 0 spiro atoms. The summed E-state index contributed by atoms with van der Waals surface area (Å²) in [4.78, 5) is 2.39. The highest BCUT2D eigenvalue weighted by molar-refractivity contribution is 9.10. The quantitative estimate of drug-likeness (QED) is 0.827. The van der Waals surface area contributed by atoms with Crippen molar-refractivity contribution in [3.8, 4) is 5.75 Å². The summed E-state index contributed by atoms with van der Waals surface area (Å²) in [6.07, 6.45) is 5.11. The molecule has 2 saturated heterocycles. The number of piperidine rings is 1. The Kier molecular flexibility index (Phi) is 6.50. The van der Waals surface area contributed by atoms with E-state index in [1.807, 2.05) is 0 Å². The van der Waals surface area contributed by atoms with Gasteiger partial charge >= 0.3 is 0 Å². The summed E-state index contributed by atoms with van der Waals surface area (Å²) in [6, 6.07) is 6.71. The first kappa shape index (κ1) is 18.0. The van der Waals surface area contributed by atoms with Crippen molar-refractivity contribution in [2.75, 3.05) is 20.2 Å². The number of nitrogens with one attached hydrogen (secondary N) is 1. The molecule has 1 aromatic carbocycles. The van der Waals surface area contributed by atoms with Crippen LogP contribution in [-0.4, -0.2) is 43.2 Å². The first-order chi connectivity index (χ1) is 10.1. The van der Waals surface area contributed by atoms with Crippen molar-refractivity contribution in [1.82, 2.24) is 10.2 Å². The third-order valence-corrected chi connectivity index (χ3v) is 5.08. The zero-order valence-electron chi connectivity index (χ0n) is 12.7. The van der Waals surface area contributed by atoms with Crippen LogP contribution in [0.4, 0.5) is 4.39 Å². The van der Waals surface area contributed by atoms with Crippen LogP contribution in [0.25, 0.3) is 0 Å². The van der Waals surface area contributed by atoms with Crippen molar-refractivity contribution in [1.29, 1.82) is 0 Å². The van der Waals surface area contributed by atoms with Crippen LogP contribution in [0.15, 0.2) is 22.7 Å². The van der Waals surface area contributed by atoms with Gasteiger partial charge in [-0.25, -0.2) is 4.39 Å². The number of hydrogen-bond acceptors (Lipinski definition) is 3. The van der Waals surface area contributed by atoms with Crippen LogP contribution >= 0.6 is 28.3 Å². The normalized spacial score (nSPS) is 26.8. The summed E-state index contributed by atoms with van der Waals surface area (Å²) in [7, 11) is 2.17. The SMILES string of the molecule is CN(CCOc1cc(F)cc(Br)c1)C1CC2CCC(C1)N2.Cl. The van der Waals surface area contributed by atoms with Crippen molar-refractivity contribution >= 4 is 28.3 Å². The maximum absolute atomic E-state index is 13.3. The van der Waals surface area contributed by atoms with Crippen LogP contribution in [0.2, 0.25) is 0 Å². The second kappa shape index (κ2) is 7.95. The molecule has 1 aromatic rings. The van der Waals surface area contributed by atoms with Gasteiger partial charge in [0.1, 0.15) is 18.2 Å². The average Bonchev–Trinajstić information content (AvgIpc) is 2.76. The standard InChI is InChI=1S/C16H22BrFN2O.ClH/c1-20(15-9-13-2-3-14(10-15)19-13)4-5-21-16-7-11(17)6-12(18)8-16;/h6-8,13-15,19H,2-5,9-10H2,1H3;1H. The summed E-state index contributed by atoms with van der Waals surface area (Å²) >= 11 is 3.28. The second-order valence-corrected chi connectivity index (χ2v) is 7.11. The molecule has 0 aromatic heterocycles. The van der Waals surface area contributed by atoms with E-state index >= 15 is 0 Å². The zero-order valence-corrected chi connectivity index (χ0v) is 15.1. The minimum atomic E-state index is -0.275. The molecule has 0 amide bonds. The van der Waals surface area contributed by atoms with Crippen molar-refractivity contribution in [3.05, 3.63) is 28.5 Å². The zero-order chi connectivity index (χ0) is 14.8. The lowest BCUT2D eigenvalue weighted by molar-refractivity contribution is 0.147. The molecule has 2 atom stereocenters. The molecule has 6 heteroatoms. The van der Waals surface area contributed by atoms with Crippen LogP contribution < -0.4 is 10.1 Å². The average molecular weight is 394 g/mol. The lowest BCUT2D eigenvalue weighted by Gasteiger charge is -2.35. The van der Waals surface area contributed by atoms with Crippen LogP contribution in [0, 0.1) is 5.82 Å². The summed E-state index contributed by atoms with van der Waals surface area (Å²) in [5.74, 6) is 0.309. The Labute approximate surface area is 146 Å². The summed E-state index contributed by atoms with van der Waals surface area (Å²) in [6.45, 7) is 1.46. The Hall–Kier alpha value is -0.360. The van der Waals surface area contributed by atoms with E-state index in [0.29, 0.717) is 35.0 Å². The lowest BCUT2D eigenvalue weighted by Crippen LogP contribution is -2.47. The lowest BCUT2D eigenvalue weighted by atomic mass is 9.99. The number of halogens is 3. The molecule has 0 radical (unpaired) electrons. The second-order valence-electron chi connectivity index (χ2n) is 6.20. The molecule has 22 heavy (non-hydrogen) atoms. The highest BCUT2D eigenvalue weighted by Gasteiger charge is 2.34.